The van der Waals surface area contributed by atoms with E-state index in [1.165, 1.54) is 109 Å². The van der Waals surface area contributed by atoms with Crippen LogP contribution in [0.3, 0.4) is 0 Å². The van der Waals surface area contributed by atoms with Gasteiger partial charge in [0.25, 0.3) is 0 Å². The number of hydrogen-bond acceptors (Lipinski definition) is 3. The molecule has 0 saturated heterocycles. The molecule has 0 amide bonds. The molecule has 0 aromatic carbocycles. The van der Waals surface area contributed by atoms with Crippen molar-refractivity contribution < 1.29 is 19.4 Å². The molecule has 4 nitrogen and oxygen atoms in total. The lowest BCUT2D eigenvalue weighted by Gasteiger charge is -2.18. The van der Waals surface area contributed by atoms with Gasteiger partial charge in [-0.15, -0.1) is 0 Å². The van der Waals surface area contributed by atoms with Crippen LogP contribution in [0, 0.1) is 0 Å². The third-order valence-corrected chi connectivity index (χ3v) is 6.83. The van der Waals surface area contributed by atoms with Gasteiger partial charge in [-0.1, -0.05) is 129 Å². The molecule has 0 radical (unpaired) electrons. The summed E-state index contributed by atoms with van der Waals surface area (Å²) in [6.45, 7) is 4.50. The highest BCUT2D eigenvalue weighted by molar-refractivity contribution is 5.69. The van der Waals surface area contributed by atoms with Crippen molar-refractivity contribution in [2.24, 2.45) is 0 Å². The van der Waals surface area contributed by atoms with E-state index in [4.69, 9.17) is 9.84 Å². The first-order valence-corrected chi connectivity index (χ1v) is 15.0. The second kappa shape index (κ2) is 26.5. The second-order valence-electron chi connectivity index (χ2n) is 10.3. The number of esters is 1. The third-order valence-electron chi connectivity index (χ3n) is 6.83. The lowest BCUT2D eigenvalue weighted by Crippen LogP contribution is -2.18. The van der Waals surface area contributed by atoms with Crippen LogP contribution in [0.25, 0.3) is 0 Å². The summed E-state index contributed by atoms with van der Waals surface area (Å²) in [4.78, 5) is 23.2. The molecule has 34 heavy (non-hydrogen) atoms. The molecule has 0 spiro atoms. The van der Waals surface area contributed by atoms with Crippen molar-refractivity contribution in [3.8, 4) is 0 Å². The van der Waals surface area contributed by atoms with Crippen LogP contribution in [0.1, 0.15) is 174 Å². The van der Waals surface area contributed by atoms with Crippen molar-refractivity contribution >= 4 is 11.9 Å². The van der Waals surface area contributed by atoms with Gasteiger partial charge < -0.3 is 9.84 Å². The monoisotopic (exact) mass is 482 g/mol. The zero-order chi connectivity index (χ0) is 25.1. The van der Waals surface area contributed by atoms with Crippen molar-refractivity contribution in [3.63, 3.8) is 0 Å². The molecule has 4 heteroatoms. The van der Waals surface area contributed by atoms with Crippen molar-refractivity contribution in [2.75, 3.05) is 0 Å². The van der Waals surface area contributed by atoms with Crippen molar-refractivity contribution in [1.29, 1.82) is 0 Å². The number of unbranched alkanes of at least 4 members (excludes halogenated alkanes) is 18. The summed E-state index contributed by atoms with van der Waals surface area (Å²) in [5, 5.41) is 8.93. The standard InChI is InChI=1S/C30H58O4/c1-3-5-7-9-11-13-14-16-17-19-21-24-28(25-23-26-29(31)32)34-30(33)27-22-20-18-15-12-10-8-6-4-2/h28H,3-27H2,1-2H3,(H,31,32). The van der Waals surface area contributed by atoms with Gasteiger partial charge in [0.15, 0.2) is 0 Å². The first-order chi connectivity index (χ1) is 16.6. The molecule has 0 saturated carbocycles. The zero-order valence-electron chi connectivity index (χ0n) is 22.9. The van der Waals surface area contributed by atoms with E-state index in [2.05, 4.69) is 13.8 Å². The maximum absolute atomic E-state index is 12.3. The van der Waals surface area contributed by atoms with E-state index in [0.717, 1.165) is 25.7 Å². The van der Waals surface area contributed by atoms with E-state index >= 15 is 0 Å². The number of ether oxygens (including phenoxy) is 1. The highest BCUT2D eigenvalue weighted by atomic mass is 16.5. The minimum Gasteiger partial charge on any atom is -0.481 e. The van der Waals surface area contributed by atoms with E-state index in [0.29, 0.717) is 19.3 Å². The van der Waals surface area contributed by atoms with Gasteiger partial charge in [0, 0.05) is 12.8 Å². The molecule has 0 aliphatic heterocycles. The summed E-state index contributed by atoms with van der Waals surface area (Å²) in [7, 11) is 0. The Morgan fingerprint density at radius 3 is 1.35 bits per heavy atom. The fourth-order valence-electron chi connectivity index (χ4n) is 4.60. The van der Waals surface area contributed by atoms with Crippen LogP contribution in [0.5, 0.6) is 0 Å². The maximum atomic E-state index is 12.3. The third kappa shape index (κ3) is 25.6. The molecule has 0 fully saturated rings. The minimum absolute atomic E-state index is 0.0913. The zero-order valence-corrected chi connectivity index (χ0v) is 22.9. The molecular weight excluding hydrogens is 424 g/mol. The SMILES string of the molecule is CCCCCCCCCCCCCC(CCCC(=O)O)OC(=O)CCCCCCCCCCC. The highest BCUT2D eigenvalue weighted by Crippen LogP contribution is 2.18. The predicted octanol–water partition coefficient (Wildman–Crippen LogP) is 9.78. The predicted molar refractivity (Wildman–Crippen MR) is 144 cm³/mol. The largest absolute Gasteiger partial charge is 0.481 e. The molecule has 1 atom stereocenters. The summed E-state index contributed by atoms with van der Waals surface area (Å²) >= 11 is 0. The van der Waals surface area contributed by atoms with Crippen molar-refractivity contribution in [2.45, 2.75) is 180 Å². The first kappa shape index (κ1) is 32.9. The topological polar surface area (TPSA) is 63.6 Å². The number of aliphatic carboxylic acids is 1. The lowest BCUT2D eigenvalue weighted by molar-refractivity contribution is -0.150. The molecular formula is C30H58O4. The smallest absolute Gasteiger partial charge is 0.306 e. The van der Waals surface area contributed by atoms with E-state index in [1.54, 1.807) is 0 Å². The summed E-state index contributed by atoms with van der Waals surface area (Å²) in [6, 6.07) is 0. The number of hydrogen-bond donors (Lipinski definition) is 1. The number of carboxylic acids is 1. The highest BCUT2D eigenvalue weighted by Gasteiger charge is 2.15. The van der Waals surface area contributed by atoms with Crippen LogP contribution in [0.15, 0.2) is 0 Å². The Balaban J connectivity index is 3.88. The quantitative estimate of drug-likeness (QED) is 0.0934. The fraction of sp³-hybridized carbons (Fsp3) is 0.933. The molecule has 0 heterocycles. The maximum Gasteiger partial charge on any atom is 0.306 e. The van der Waals surface area contributed by atoms with Gasteiger partial charge in [0.1, 0.15) is 6.10 Å². The van der Waals surface area contributed by atoms with Crippen molar-refractivity contribution in [3.05, 3.63) is 0 Å². The summed E-state index contributed by atoms with van der Waals surface area (Å²) in [5.41, 5.74) is 0. The van der Waals surface area contributed by atoms with Gasteiger partial charge in [-0.3, -0.25) is 9.59 Å². The lowest BCUT2D eigenvalue weighted by atomic mass is 10.0. The Labute approximate surface area is 212 Å². The molecule has 202 valence electrons. The van der Waals surface area contributed by atoms with Crippen LogP contribution in [0.2, 0.25) is 0 Å². The molecule has 0 aromatic rings. The van der Waals surface area contributed by atoms with E-state index in [9.17, 15) is 9.59 Å². The van der Waals surface area contributed by atoms with E-state index < -0.39 is 5.97 Å². The van der Waals surface area contributed by atoms with Crippen LogP contribution in [-0.2, 0) is 14.3 Å². The second-order valence-corrected chi connectivity index (χ2v) is 10.3. The van der Waals surface area contributed by atoms with Gasteiger partial charge in [-0.25, -0.2) is 0 Å². The van der Waals surface area contributed by atoms with Gasteiger partial charge in [-0.05, 0) is 32.1 Å². The van der Waals surface area contributed by atoms with Gasteiger partial charge in [0.2, 0.25) is 0 Å². The normalized spacial score (nSPS) is 12.1. The molecule has 1 unspecified atom stereocenters. The summed E-state index contributed by atoms with van der Waals surface area (Å²) in [5.74, 6) is -0.860. The minimum atomic E-state index is -0.769. The van der Waals surface area contributed by atoms with Crippen LogP contribution in [0.4, 0.5) is 0 Å². The van der Waals surface area contributed by atoms with Crippen LogP contribution in [-0.4, -0.2) is 23.1 Å². The Bertz CT molecular complexity index is 449. The van der Waals surface area contributed by atoms with Crippen LogP contribution >= 0.6 is 0 Å². The van der Waals surface area contributed by atoms with E-state index in [-0.39, 0.29) is 18.5 Å². The Morgan fingerprint density at radius 1 is 0.529 bits per heavy atom. The number of rotatable bonds is 27. The summed E-state index contributed by atoms with van der Waals surface area (Å²) in [6.07, 6.45) is 28.2. The van der Waals surface area contributed by atoms with Crippen LogP contribution < -0.4 is 0 Å². The number of carbonyl (C=O) groups excluding carboxylic acids is 1. The molecule has 0 aliphatic rings. The van der Waals surface area contributed by atoms with E-state index in [1.807, 2.05) is 0 Å². The van der Waals surface area contributed by atoms with Gasteiger partial charge in [0.05, 0.1) is 0 Å². The molecule has 0 aliphatic carbocycles. The van der Waals surface area contributed by atoms with Gasteiger partial charge >= 0.3 is 11.9 Å². The Morgan fingerprint density at radius 2 is 0.912 bits per heavy atom. The number of carboxylic acid groups (broad SMARTS) is 1. The first-order valence-electron chi connectivity index (χ1n) is 15.0. The molecule has 0 aromatic heterocycles. The summed E-state index contributed by atoms with van der Waals surface area (Å²) < 4.78 is 5.76. The fourth-order valence-corrected chi connectivity index (χ4v) is 4.60. The Hall–Kier alpha value is -1.06. The molecule has 0 bridgehead atoms. The van der Waals surface area contributed by atoms with Crippen molar-refractivity contribution in [1.82, 2.24) is 0 Å². The molecule has 1 N–H and O–H groups in total. The van der Waals surface area contributed by atoms with Gasteiger partial charge in [-0.2, -0.15) is 0 Å². The average Bonchev–Trinajstić information content (AvgIpc) is 2.81. The molecule has 0 rings (SSSR count). The average molecular weight is 483 g/mol. The Kier molecular flexibility index (Phi) is 25.7. The number of carbonyl (C=O) groups is 2.